The highest BCUT2D eigenvalue weighted by Gasteiger charge is 2.12. The van der Waals surface area contributed by atoms with Crippen LogP contribution in [0.4, 0.5) is 5.69 Å². The second-order valence-electron chi connectivity index (χ2n) is 3.68. The van der Waals surface area contributed by atoms with Crippen molar-refractivity contribution in [2.24, 2.45) is 0 Å². The van der Waals surface area contributed by atoms with Gasteiger partial charge in [0.1, 0.15) is 10.8 Å². The molecule has 0 radical (unpaired) electrons. The predicted molar refractivity (Wildman–Crippen MR) is 76.1 cm³/mol. The summed E-state index contributed by atoms with van der Waals surface area (Å²) >= 11 is 8.81. The normalized spacial score (nSPS) is 10.1. The van der Waals surface area contributed by atoms with Crippen LogP contribution < -0.4 is 5.32 Å². The average Bonchev–Trinajstić information content (AvgIpc) is 2.41. The van der Waals surface area contributed by atoms with Crippen LogP contribution in [-0.4, -0.2) is 27.0 Å². The summed E-state index contributed by atoms with van der Waals surface area (Å²) in [6.45, 7) is 0. The van der Waals surface area contributed by atoms with Crippen molar-refractivity contribution in [2.75, 3.05) is 5.32 Å². The van der Waals surface area contributed by atoms with E-state index in [-0.39, 0.29) is 16.4 Å². The molecule has 2 rings (SSSR count). The smallest absolute Gasteiger partial charge is 0.335 e. The standard InChI is InChI=1S/C12H7BrClN3O3/c13-7-2-1-6(12(19)20)3-8(7)17-11(18)9-4-16-10(14)5-15-9/h1-5H,(H,17,18)(H,19,20). The van der Waals surface area contributed by atoms with Gasteiger partial charge in [-0.1, -0.05) is 11.6 Å². The molecule has 1 aromatic heterocycles. The molecule has 2 N–H and O–H groups in total. The molecule has 1 heterocycles. The van der Waals surface area contributed by atoms with E-state index in [1.165, 1.54) is 30.6 Å². The second-order valence-corrected chi connectivity index (χ2v) is 4.92. The first kappa shape index (κ1) is 14.4. The lowest BCUT2D eigenvalue weighted by Gasteiger charge is -2.07. The minimum Gasteiger partial charge on any atom is -0.478 e. The zero-order valence-electron chi connectivity index (χ0n) is 9.80. The van der Waals surface area contributed by atoms with Gasteiger partial charge >= 0.3 is 5.97 Å². The van der Waals surface area contributed by atoms with Gasteiger partial charge in [0.25, 0.3) is 5.91 Å². The number of hydrogen-bond donors (Lipinski definition) is 2. The summed E-state index contributed by atoms with van der Waals surface area (Å²) in [5, 5.41) is 11.6. The van der Waals surface area contributed by atoms with Gasteiger partial charge in [-0.05, 0) is 34.1 Å². The number of aromatic nitrogens is 2. The van der Waals surface area contributed by atoms with Crippen LogP contribution in [0.5, 0.6) is 0 Å². The molecule has 0 saturated heterocycles. The molecule has 20 heavy (non-hydrogen) atoms. The molecule has 0 atom stereocenters. The van der Waals surface area contributed by atoms with Gasteiger partial charge < -0.3 is 10.4 Å². The molecule has 1 amide bonds. The maximum atomic E-state index is 11.9. The first-order valence-corrected chi connectivity index (χ1v) is 6.46. The van der Waals surface area contributed by atoms with Crippen molar-refractivity contribution in [1.29, 1.82) is 0 Å². The van der Waals surface area contributed by atoms with E-state index < -0.39 is 11.9 Å². The van der Waals surface area contributed by atoms with Crippen molar-refractivity contribution in [3.63, 3.8) is 0 Å². The third-order valence-corrected chi connectivity index (χ3v) is 3.20. The van der Waals surface area contributed by atoms with Crippen LogP contribution in [-0.2, 0) is 0 Å². The second kappa shape index (κ2) is 5.98. The van der Waals surface area contributed by atoms with Gasteiger partial charge in [0, 0.05) is 4.47 Å². The van der Waals surface area contributed by atoms with Crippen molar-refractivity contribution >= 4 is 45.1 Å². The van der Waals surface area contributed by atoms with Crippen molar-refractivity contribution in [1.82, 2.24) is 9.97 Å². The molecule has 0 bridgehead atoms. The molecule has 1 aromatic carbocycles. The number of anilines is 1. The van der Waals surface area contributed by atoms with E-state index in [1.54, 1.807) is 0 Å². The summed E-state index contributed by atoms with van der Waals surface area (Å²) in [5.74, 6) is -1.60. The fourth-order valence-corrected chi connectivity index (χ4v) is 1.81. The topological polar surface area (TPSA) is 92.2 Å². The third kappa shape index (κ3) is 3.31. The predicted octanol–water partition coefficient (Wildman–Crippen LogP) is 2.84. The first-order valence-electron chi connectivity index (χ1n) is 5.29. The van der Waals surface area contributed by atoms with Gasteiger partial charge in [0.2, 0.25) is 0 Å². The molecule has 0 unspecified atom stereocenters. The molecule has 2 aromatic rings. The summed E-state index contributed by atoms with van der Waals surface area (Å²) in [5.41, 5.74) is 0.458. The number of benzene rings is 1. The highest BCUT2D eigenvalue weighted by atomic mass is 79.9. The number of hydrogen-bond acceptors (Lipinski definition) is 4. The van der Waals surface area contributed by atoms with Crippen LogP contribution in [0, 0.1) is 0 Å². The molecule has 0 spiro atoms. The summed E-state index contributed by atoms with van der Waals surface area (Å²) in [6, 6.07) is 4.30. The zero-order valence-corrected chi connectivity index (χ0v) is 12.1. The number of aromatic carboxylic acids is 1. The molecular weight excluding hydrogens is 350 g/mol. The van der Waals surface area contributed by atoms with E-state index in [9.17, 15) is 9.59 Å². The Morgan fingerprint density at radius 2 is 2.00 bits per heavy atom. The van der Waals surface area contributed by atoms with E-state index in [2.05, 4.69) is 31.2 Å². The molecular formula is C12H7BrClN3O3. The highest BCUT2D eigenvalue weighted by molar-refractivity contribution is 9.10. The van der Waals surface area contributed by atoms with Gasteiger partial charge in [0.05, 0.1) is 23.6 Å². The lowest BCUT2D eigenvalue weighted by atomic mass is 10.2. The Morgan fingerprint density at radius 1 is 1.25 bits per heavy atom. The van der Waals surface area contributed by atoms with Crippen molar-refractivity contribution in [3.05, 3.63) is 51.5 Å². The Hall–Kier alpha value is -1.99. The van der Waals surface area contributed by atoms with E-state index in [0.29, 0.717) is 10.2 Å². The number of carboxylic acid groups (broad SMARTS) is 1. The van der Waals surface area contributed by atoms with Crippen molar-refractivity contribution in [2.45, 2.75) is 0 Å². The number of nitrogens with zero attached hydrogens (tertiary/aromatic N) is 2. The van der Waals surface area contributed by atoms with Crippen LogP contribution in [0.2, 0.25) is 5.15 Å². The van der Waals surface area contributed by atoms with Gasteiger partial charge in [-0.2, -0.15) is 0 Å². The van der Waals surface area contributed by atoms with Crippen LogP contribution >= 0.6 is 27.5 Å². The minimum atomic E-state index is -1.08. The Kier molecular flexibility index (Phi) is 4.31. The number of halogens is 2. The molecule has 0 saturated carbocycles. The number of carboxylic acids is 1. The SMILES string of the molecule is O=C(O)c1ccc(Br)c(NC(=O)c2cnc(Cl)cn2)c1. The average molecular weight is 357 g/mol. The molecule has 0 aliphatic heterocycles. The molecule has 8 heteroatoms. The molecule has 102 valence electrons. The Balaban J connectivity index is 2.25. The molecule has 0 aliphatic carbocycles. The van der Waals surface area contributed by atoms with Gasteiger partial charge in [-0.15, -0.1) is 0 Å². The van der Waals surface area contributed by atoms with Crippen LogP contribution in [0.1, 0.15) is 20.8 Å². The van der Waals surface area contributed by atoms with E-state index in [0.717, 1.165) is 0 Å². The number of rotatable bonds is 3. The maximum Gasteiger partial charge on any atom is 0.335 e. The van der Waals surface area contributed by atoms with Crippen LogP contribution in [0.15, 0.2) is 35.1 Å². The summed E-state index contributed by atoms with van der Waals surface area (Å²) < 4.78 is 0.553. The Bertz CT molecular complexity index is 676. The van der Waals surface area contributed by atoms with E-state index in [4.69, 9.17) is 16.7 Å². The van der Waals surface area contributed by atoms with Crippen LogP contribution in [0.25, 0.3) is 0 Å². The molecule has 0 aliphatic rings. The number of carbonyl (C=O) groups excluding carboxylic acids is 1. The molecule has 6 nitrogen and oxygen atoms in total. The van der Waals surface area contributed by atoms with E-state index in [1.807, 2.05) is 0 Å². The van der Waals surface area contributed by atoms with Crippen LogP contribution in [0.3, 0.4) is 0 Å². The third-order valence-electron chi connectivity index (χ3n) is 2.31. The minimum absolute atomic E-state index is 0.0608. The lowest BCUT2D eigenvalue weighted by molar-refractivity contribution is 0.0696. The van der Waals surface area contributed by atoms with Gasteiger partial charge in [-0.3, -0.25) is 4.79 Å². The quantitative estimate of drug-likeness (QED) is 0.882. The first-order chi connectivity index (χ1) is 9.47. The fourth-order valence-electron chi connectivity index (χ4n) is 1.37. The lowest BCUT2D eigenvalue weighted by Crippen LogP contribution is -2.14. The number of nitrogens with one attached hydrogen (secondary N) is 1. The van der Waals surface area contributed by atoms with Gasteiger partial charge in [-0.25, -0.2) is 14.8 Å². The largest absolute Gasteiger partial charge is 0.478 e. The number of carbonyl (C=O) groups is 2. The Morgan fingerprint density at radius 3 is 2.60 bits per heavy atom. The molecule has 0 fully saturated rings. The summed E-state index contributed by atoms with van der Waals surface area (Å²) in [7, 11) is 0. The van der Waals surface area contributed by atoms with E-state index >= 15 is 0 Å². The summed E-state index contributed by atoms with van der Waals surface area (Å²) in [4.78, 5) is 30.4. The van der Waals surface area contributed by atoms with Gasteiger partial charge in [0.15, 0.2) is 0 Å². The van der Waals surface area contributed by atoms with Crippen molar-refractivity contribution in [3.8, 4) is 0 Å². The zero-order chi connectivity index (χ0) is 14.7. The Labute approximate surface area is 126 Å². The fraction of sp³-hybridized carbons (Fsp3) is 0. The maximum absolute atomic E-state index is 11.9. The number of amides is 1. The van der Waals surface area contributed by atoms with Crippen molar-refractivity contribution < 1.29 is 14.7 Å². The monoisotopic (exact) mass is 355 g/mol. The highest BCUT2D eigenvalue weighted by Crippen LogP contribution is 2.24. The summed E-state index contributed by atoms with van der Waals surface area (Å²) in [6.07, 6.45) is 2.48.